The average molecular weight is 260 g/mol. The normalized spacial score (nSPS) is 12.5. The zero-order chi connectivity index (χ0) is 13.0. The maximum Gasteiger partial charge on any atom is 0.504 e. The Morgan fingerprint density at radius 1 is 0.824 bits per heavy atom. The van der Waals surface area contributed by atoms with E-state index in [0.717, 1.165) is 45.1 Å². The highest BCUT2D eigenvalue weighted by molar-refractivity contribution is 6.61. The smallest absolute Gasteiger partial charge is 0.373 e. The van der Waals surface area contributed by atoms with E-state index in [9.17, 15) is 0 Å². The standard InChI is InChI=1S/C13H28O3Si/c1-5-9-13-17(14-10-6-2,15-11-7-3)16-12-8-4/h5,9H,6-8,10-13H2,1-4H3. The zero-order valence-corrected chi connectivity index (χ0v) is 12.8. The van der Waals surface area contributed by atoms with E-state index in [1.54, 1.807) is 0 Å². The minimum Gasteiger partial charge on any atom is -0.373 e. The first-order valence-corrected chi connectivity index (χ1v) is 8.70. The van der Waals surface area contributed by atoms with Crippen molar-refractivity contribution in [1.29, 1.82) is 0 Å². The third kappa shape index (κ3) is 7.71. The quantitative estimate of drug-likeness (QED) is 0.418. The summed E-state index contributed by atoms with van der Waals surface area (Å²) in [6.07, 6.45) is 7.11. The van der Waals surface area contributed by atoms with E-state index in [4.69, 9.17) is 13.3 Å². The minimum absolute atomic E-state index is 0.719. The van der Waals surface area contributed by atoms with Gasteiger partial charge in [-0.15, -0.1) is 0 Å². The van der Waals surface area contributed by atoms with E-state index >= 15 is 0 Å². The van der Waals surface area contributed by atoms with E-state index < -0.39 is 8.80 Å². The van der Waals surface area contributed by atoms with Crippen molar-refractivity contribution in [3.8, 4) is 0 Å². The van der Waals surface area contributed by atoms with Crippen LogP contribution in [0.15, 0.2) is 12.2 Å². The molecule has 102 valence electrons. The fourth-order valence-electron chi connectivity index (χ4n) is 1.34. The molecule has 0 saturated heterocycles. The summed E-state index contributed by atoms with van der Waals surface area (Å²) in [6, 6.07) is 0.781. The number of allylic oxidation sites excluding steroid dienone is 2. The summed E-state index contributed by atoms with van der Waals surface area (Å²) < 4.78 is 17.8. The molecule has 0 aliphatic rings. The maximum atomic E-state index is 5.93. The minimum atomic E-state index is -2.47. The van der Waals surface area contributed by atoms with Crippen LogP contribution in [0.25, 0.3) is 0 Å². The van der Waals surface area contributed by atoms with Crippen molar-refractivity contribution in [2.75, 3.05) is 19.8 Å². The van der Waals surface area contributed by atoms with Gasteiger partial charge in [0, 0.05) is 25.9 Å². The predicted molar refractivity (Wildman–Crippen MR) is 74.1 cm³/mol. The van der Waals surface area contributed by atoms with E-state index in [1.165, 1.54) is 0 Å². The van der Waals surface area contributed by atoms with Gasteiger partial charge < -0.3 is 13.3 Å². The summed E-state index contributed by atoms with van der Waals surface area (Å²) in [6.45, 7) is 10.5. The Kier molecular flexibility index (Phi) is 10.9. The summed E-state index contributed by atoms with van der Waals surface area (Å²) in [7, 11) is -2.47. The molecule has 0 rings (SSSR count). The first-order valence-electron chi connectivity index (χ1n) is 6.77. The van der Waals surface area contributed by atoms with Gasteiger partial charge in [0.05, 0.1) is 0 Å². The molecule has 0 N–H and O–H groups in total. The van der Waals surface area contributed by atoms with Crippen LogP contribution in [0.5, 0.6) is 0 Å². The second-order valence-electron chi connectivity index (χ2n) is 4.00. The van der Waals surface area contributed by atoms with Gasteiger partial charge >= 0.3 is 8.80 Å². The third-order valence-corrected chi connectivity index (χ3v) is 4.85. The Labute approximate surface area is 108 Å². The molecule has 0 fully saturated rings. The van der Waals surface area contributed by atoms with Crippen LogP contribution in [0.1, 0.15) is 47.0 Å². The van der Waals surface area contributed by atoms with Gasteiger partial charge in [-0.05, 0) is 26.2 Å². The number of hydrogen-bond donors (Lipinski definition) is 0. The lowest BCUT2D eigenvalue weighted by molar-refractivity contribution is 0.0620. The van der Waals surface area contributed by atoms with Crippen molar-refractivity contribution in [2.45, 2.75) is 53.0 Å². The van der Waals surface area contributed by atoms with Crippen LogP contribution in [0, 0.1) is 0 Å². The molecular weight excluding hydrogens is 232 g/mol. The first kappa shape index (κ1) is 16.8. The fourth-order valence-corrected chi connectivity index (χ4v) is 4.01. The van der Waals surface area contributed by atoms with Crippen molar-refractivity contribution in [2.24, 2.45) is 0 Å². The highest BCUT2D eigenvalue weighted by Crippen LogP contribution is 2.18. The Morgan fingerprint density at radius 3 is 1.53 bits per heavy atom. The van der Waals surface area contributed by atoms with Gasteiger partial charge in [0.25, 0.3) is 0 Å². The average Bonchev–Trinajstić information content (AvgIpc) is 2.37. The van der Waals surface area contributed by atoms with Crippen molar-refractivity contribution < 1.29 is 13.3 Å². The molecule has 4 heteroatoms. The van der Waals surface area contributed by atoms with Gasteiger partial charge in [0.2, 0.25) is 0 Å². The van der Waals surface area contributed by atoms with Gasteiger partial charge in [-0.3, -0.25) is 0 Å². The number of hydrogen-bond acceptors (Lipinski definition) is 3. The second kappa shape index (κ2) is 11.0. The Balaban J connectivity index is 4.50. The number of rotatable bonds is 11. The molecular formula is C13H28O3Si. The Hall–Kier alpha value is -0.163. The molecule has 0 aliphatic carbocycles. The molecule has 17 heavy (non-hydrogen) atoms. The monoisotopic (exact) mass is 260 g/mol. The van der Waals surface area contributed by atoms with Crippen molar-refractivity contribution >= 4 is 8.80 Å². The fraction of sp³-hybridized carbons (Fsp3) is 0.846. The van der Waals surface area contributed by atoms with E-state index in [0.29, 0.717) is 0 Å². The summed E-state index contributed by atoms with van der Waals surface area (Å²) in [5.41, 5.74) is 0. The van der Waals surface area contributed by atoms with Crippen LogP contribution < -0.4 is 0 Å². The first-order chi connectivity index (χ1) is 8.24. The van der Waals surface area contributed by atoms with Gasteiger partial charge in [0.15, 0.2) is 0 Å². The SMILES string of the molecule is CC=CC[Si](OCCC)(OCCC)OCCC. The van der Waals surface area contributed by atoms with Crippen LogP contribution >= 0.6 is 0 Å². The Bertz CT molecular complexity index is 173. The lowest BCUT2D eigenvalue weighted by Crippen LogP contribution is -2.46. The molecule has 0 saturated carbocycles. The molecule has 0 heterocycles. The zero-order valence-electron chi connectivity index (χ0n) is 11.8. The lowest BCUT2D eigenvalue weighted by atomic mass is 10.5. The van der Waals surface area contributed by atoms with Crippen LogP contribution in [-0.2, 0) is 13.3 Å². The lowest BCUT2D eigenvalue weighted by Gasteiger charge is -2.28. The highest BCUT2D eigenvalue weighted by Gasteiger charge is 2.39. The van der Waals surface area contributed by atoms with Gasteiger partial charge in [0.1, 0.15) is 0 Å². The molecule has 0 atom stereocenters. The van der Waals surface area contributed by atoms with E-state index in [1.807, 2.05) is 13.0 Å². The summed E-state index contributed by atoms with van der Waals surface area (Å²) in [5.74, 6) is 0. The van der Waals surface area contributed by atoms with Crippen molar-refractivity contribution in [1.82, 2.24) is 0 Å². The molecule has 0 aromatic heterocycles. The molecule has 0 aromatic carbocycles. The predicted octanol–water partition coefficient (Wildman–Crippen LogP) is 3.78. The van der Waals surface area contributed by atoms with E-state index in [-0.39, 0.29) is 0 Å². The van der Waals surface area contributed by atoms with Gasteiger partial charge in [-0.1, -0.05) is 32.9 Å². The van der Waals surface area contributed by atoms with E-state index in [2.05, 4.69) is 26.8 Å². The third-order valence-electron chi connectivity index (χ3n) is 2.18. The van der Waals surface area contributed by atoms with Crippen LogP contribution in [0.3, 0.4) is 0 Å². The molecule has 0 radical (unpaired) electrons. The molecule has 0 aromatic rings. The highest BCUT2D eigenvalue weighted by atomic mass is 28.4. The van der Waals surface area contributed by atoms with Crippen LogP contribution in [0.2, 0.25) is 6.04 Å². The Morgan fingerprint density at radius 2 is 1.24 bits per heavy atom. The maximum absolute atomic E-state index is 5.93. The van der Waals surface area contributed by atoms with Gasteiger partial charge in [-0.25, -0.2) is 0 Å². The largest absolute Gasteiger partial charge is 0.504 e. The summed E-state index contributed by atoms with van der Waals surface area (Å²) in [4.78, 5) is 0. The molecule has 0 bridgehead atoms. The molecule has 3 nitrogen and oxygen atoms in total. The van der Waals surface area contributed by atoms with Crippen molar-refractivity contribution in [3.05, 3.63) is 12.2 Å². The second-order valence-corrected chi connectivity index (χ2v) is 6.64. The topological polar surface area (TPSA) is 27.7 Å². The van der Waals surface area contributed by atoms with Crippen molar-refractivity contribution in [3.63, 3.8) is 0 Å². The van der Waals surface area contributed by atoms with Crippen LogP contribution in [0.4, 0.5) is 0 Å². The van der Waals surface area contributed by atoms with Gasteiger partial charge in [-0.2, -0.15) is 0 Å². The molecule has 0 aliphatic heterocycles. The summed E-state index contributed by atoms with van der Waals surface area (Å²) >= 11 is 0. The molecule has 0 amide bonds. The molecule has 0 spiro atoms. The summed E-state index contributed by atoms with van der Waals surface area (Å²) in [5, 5.41) is 0. The molecule has 0 unspecified atom stereocenters. The van der Waals surface area contributed by atoms with Crippen LogP contribution in [-0.4, -0.2) is 28.6 Å².